The zero-order chi connectivity index (χ0) is 17.5. The van der Waals surface area contributed by atoms with Gasteiger partial charge in [0.25, 0.3) is 0 Å². The van der Waals surface area contributed by atoms with Crippen molar-refractivity contribution in [3.8, 4) is 0 Å². The molecule has 1 aliphatic carbocycles. The van der Waals surface area contributed by atoms with Gasteiger partial charge in [-0.05, 0) is 36.6 Å². The Morgan fingerprint density at radius 2 is 1.76 bits per heavy atom. The van der Waals surface area contributed by atoms with Gasteiger partial charge < -0.3 is 10.6 Å². The van der Waals surface area contributed by atoms with Gasteiger partial charge in [-0.2, -0.15) is 5.10 Å². The Labute approximate surface area is 147 Å². The lowest BCUT2D eigenvalue weighted by Crippen LogP contribution is -2.41. The smallest absolute Gasteiger partial charge is 0.313 e. The van der Waals surface area contributed by atoms with Gasteiger partial charge in [0.15, 0.2) is 0 Å². The minimum absolute atomic E-state index is 0.122. The van der Waals surface area contributed by atoms with Gasteiger partial charge >= 0.3 is 11.8 Å². The number of anilines is 1. The molecule has 1 aliphatic rings. The Hall–Kier alpha value is -2.63. The van der Waals surface area contributed by atoms with E-state index in [0.717, 1.165) is 31.2 Å². The third kappa shape index (κ3) is 5.17. The lowest BCUT2D eigenvalue weighted by Gasteiger charge is -2.15. The van der Waals surface area contributed by atoms with Gasteiger partial charge in [-0.3, -0.25) is 14.3 Å². The van der Waals surface area contributed by atoms with Crippen LogP contribution in [0.5, 0.6) is 0 Å². The van der Waals surface area contributed by atoms with E-state index >= 15 is 0 Å². The summed E-state index contributed by atoms with van der Waals surface area (Å²) in [7, 11) is 0. The zero-order valence-corrected chi connectivity index (χ0v) is 14.3. The molecule has 2 N–H and O–H groups in total. The van der Waals surface area contributed by atoms with Gasteiger partial charge in [0.05, 0.1) is 6.54 Å². The minimum Gasteiger partial charge on any atom is -0.345 e. The maximum absolute atomic E-state index is 12.1. The topological polar surface area (TPSA) is 76.0 Å². The highest BCUT2D eigenvalue weighted by Crippen LogP contribution is 2.17. The normalized spacial score (nSPS) is 15.4. The summed E-state index contributed by atoms with van der Waals surface area (Å²) in [5.41, 5.74) is 1.69. The third-order valence-corrected chi connectivity index (χ3v) is 4.51. The molecule has 0 unspecified atom stereocenters. The van der Waals surface area contributed by atoms with Crippen molar-refractivity contribution < 1.29 is 9.59 Å². The number of nitrogens with one attached hydrogen (secondary N) is 2. The number of carbonyl (C=O) groups is 2. The van der Waals surface area contributed by atoms with Gasteiger partial charge in [-0.1, -0.05) is 37.8 Å². The Kier molecular flexibility index (Phi) is 5.82. The molecule has 1 saturated carbocycles. The van der Waals surface area contributed by atoms with E-state index < -0.39 is 11.8 Å². The number of aromatic nitrogens is 2. The first-order valence-corrected chi connectivity index (χ1v) is 8.89. The van der Waals surface area contributed by atoms with Crippen molar-refractivity contribution in [3.05, 3.63) is 48.3 Å². The van der Waals surface area contributed by atoms with E-state index in [1.807, 2.05) is 29.1 Å². The van der Waals surface area contributed by atoms with Crippen LogP contribution >= 0.6 is 0 Å². The fraction of sp³-hybridized carbons (Fsp3) is 0.421. The summed E-state index contributed by atoms with van der Waals surface area (Å²) < 4.78 is 1.83. The van der Waals surface area contributed by atoms with Crippen molar-refractivity contribution in [1.29, 1.82) is 0 Å². The first kappa shape index (κ1) is 17.2. The second kappa shape index (κ2) is 8.46. The molecule has 1 aromatic heterocycles. The summed E-state index contributed by atoms with van der Waals surface area (Å²) in [6.45, 7) is 0.670. The maximum Gasteiger partial charge on any atom is 0.313 e. The Bertz CT molecular complexity index is 687. The third-order valence-electron chi connectivity index (χ3n) is 4.51. The summed E-state index contributed by atoms with van der Waals surface area (Å²) in [6, 6.07) is 9.44. The summed E-state index contributed by atoms with van der Waals surface area (Å²) in [5, 5.41) is 9.68. The van der Waals surface area contributed by atoms with Crippen LogP contribution in [-0.4, -0.2) is 27.6 Å². The van der Waals surface area contributed by atoms with Gasteiger partial charge in [-0.25, -0.2) is 0 Å². The molecule has 2 aromatic rings. The Balaban J connectivity index is 1.50. The molecule has 132 valence electrons. The van der Waals surface area contributed by atoms with E-state index in [2.05, 4.69) is 15.7 Å². The average Bonchev–Trinajstić information content (AvgIpc) is 2.99. The molecule has 0 atom stereocenters. The molecule has 6 heteroatoms. The molecule has 0 saturated heterocycles. The molecule has 0 bridgehead atoms. The molecule has 0 radical (unpaired) electrons. The van der Waals surface area contributed by atoms with Crippen molar-refractivity contribution >= 4 is 17.5 Å². The van der Waals surface area contributed by atoms with Crippen LogP contribution in [0.3, 0.4) is 0 Å². The van der Waals surface area contributed by atoms with Crippen LogP contribution in [0.4, 0.5) is 5.69 Å². The Morgan fingerprint density at radius 3 is 2.40 bits per heavy atom. The molecule has 0 aliphatic heterocycles. The number of nitrogens with zero attached hydrogens (tertiary/aromatic N) is 2. The molecule has 1 heterocycles. The van der Waals surface area contributed by atoms with E-state index in [9.17, 15) is 9.59 Å². The summed E-state index contributed by atoms with van der Waals surface area (Å²) in [5.74, 6) is -1.16. The van der Waals surface area contributed by atoms with Crippen LogP contribution in [0.25, 0.3) is 0 Å². The van der Waals surface area contributed by atoms with Crippen molar-refractivity contribution in [3.63, 3.8) is 0 Å². The first-order chi connectivity index (χ1) is 12.2. The molecule has 1 aromatic carbocycles. The quantitative estimate of drug-likeness (QED) is 0.664. The number of amides is 2. The predicted octanol–water partition coefficient (Wildman–Crippen LogP) is 2.71. The molecular weight excluding hydrogens is 316 g/mol. The van der Waals surface area contributed by atoms with Gasteiger partial charge in [-0.15, -0.1) is 0 Å². The van der Waals surface area contributed by atoms with Crippen LogP contribution in [0.1, 0.15) is 44.1 Å². The van der Waals surface area contributed by atoms with Crippen LogP contribution in [-0.2, 0) is 16.1 Å². The zero-order valence-electron chi connectivity index (χ0n) is 14.3. The largest absolute Gasteiger partial charge is 0.345 e. The van der Waals surface area contributed by atoms with Crippen molar-refractivity contribution in [2.24, 2.45) is 0 Å². The van der Waals surface area contributed by atoms with Crippen molar-refractivity contribution in [2.75, 3.05) is 5.32 Å². The average molecular weight is 340 g/mol. The minimum atomic E-state index is -0.607. The van der Waals surface area contributed by atoms with Gasteiger partial charge in [0.1, 0.15) is 0 Å². The molecule has 0 spiro atoms. The summed E-state index contributed by atoms with van der Waals surface area (Å²) in [6.07, 6.45) is 10.2. The van der Waals surface area contributed by atoms with E-state index in [-0.39, 0.29) is 6.04 Å². The standard InChI is InChI=1S/C19H24N4O2/c24-18(21-16-6-3-1-2-4-7-16)19(25)22-17-10-8-15(9-11-17)14-23-13-5-12-20-23/h5,8-13,16H,1-4,6-7,14H2,(H,21,24)(H,22,25). The van der Waals surface area contributed by atoms with Crippen molar-refractivity contribution in [2.45, 2.75) is 51.1 Å². The number of carbonyl (C=O) groups excluding carboxylic acids is 2. The SMILES string of the molecule is O=C(Nc1ccc(Cn2cccn2)cc1)C(=O)NC1CCCCCC1. The van der Waals surface area contributed by atoms with E-state index in [1.165, 1.54) is 12.8 Å². The molecular formula is C19H24N4O2. The second-order valence-electron chi connectivity index (χ2n) is 6.52. The highest BCUT2D eigenvalue weighted by atomic mass is 16.2. The molecule has 25 heavy (non-hydrogen) atoms. The van der Waals surface area contributed by atoms with Crippen LogP contribution < -0.4 is 10.6 Å². The van der Waals surface area contributed by atoms with E-state index in [1.54, 1.807) is 18.3 Å². The van der Waals surface area contributed by atoms with Crippen LogP contribution in [0.15, 0.2) is 42.7 Å². The molecule has 3 rings (SSSR count). The molecule has 1 fully saturated rings. The highest BCUT2D eigenvalue weighted by Gasteiger charge is 2.19. The van der Waals surface area contributed by atoms with Crippen molar-refractivity contribution in [1.82, 2.24) is 15.1 Å². The Morgan fingerprint density at radius 1 is 1.04 bits per heavy atom. The summed E-state index contributed by atoms with van der Waals surface area (Å²) >= 11 is 0. The number of hydrogen-bond acceptors (Lipinski definition) is 3. The monoisotopic (exact) mass is 340 g/mol. The van der Waals surface area contributed by atoms with Gasteiger partial charge in [0.2, 0.25) is 0 Å². The fourth-order valence-corrected chi connectivity index (χ4v) is 3.14. The maximum atomic E-state index is 12.1. The second-order valence-corrected chi connectivity index (χ2v) is 6.52. The highest BCUT2D eigenvalue weighted by molar-refractivity contribution is 6.39. The number of benzene rings is 1. The van der Waals surface area contributed by atoms with Gasteiger partial charge in [0, 0.05) is 24.1 Å². The molecule has 2 amide bonds. The van der Waals surface area contributed by atoms with Crippen LogP contribution in [0.2, 0.25) is 0 Å². The predicted molar refractivity (Wildman–Crippen MR) is 96.0 cm³/mol. The number of rotatable bonds is 4. The number of hydrogen-bond donors (Lipinski definition) is 2. The van der Waals surface area contributed by atoms with Crippen LogP contribution in [0, 0.1) is 0 Å². The van der Waals surface area contributed by atoms with E-state index in [4.69, 9.17) is 0 Å². The fourth-order valence-electron chi connectivity index (χ4n) is 3.14. The lowest BCUT2D eigenvalue weighted by atomic mass is 10.1. The van der Waals surface area contributed by atoms with E-state index in [0.29, 0.717) is 12.2 Å². The molecule has 6 nitrogen and oxygen atoms in total. The lowest BCUT2D eigenvalue weighted by molar-refractivity contribution is -0.136. The summed E-state index contributed by atoms with van der Waals surface area (Å²) in [4.78, 5) is 24.1. The first-order valence-electron chi connectivity index (χ1n) is 8.89.